The van der Waals surface area contributed by atoms with Gasteiger partial charge in [0, 0.05) is 30.5 Å². The Hall–Kier alpha value is -3.01. The Bertz CT molecular complexity index is 970. The summed E-state index contributed by atoms with van der Waals surface area (Å²) < 4.78 is 2.74. The molecule has 3 N–H and O–H groups in total. The van der Waals surface area contributed by atoms with Gasteiger partial charge >= 0.3 is 0 Å². The van der Waals surface area contributed by atoms with E-state index in [0.717, 1.165) is 0 Å². The van der Waals surface area contributed by atoms with Crippen molar-refractivity contribution in [2.45, 2.75) is 13.5 Å². The minimum absolute atomic E-state index is 0.0649. The fraction of sp³-hybridized carbons (Fsp3) is 0.154. The number of aryl methyl sites for hydroxylation is 1. The van der Waals surface area contributed by atoms with Gasteiger partial charge in [0.05, 0.1) is 5.69 Å². The van der Waals surface area contributed by atoms with E-state index in [1.807, 2.05) is 6.92 Å². The van der Waals surface area contributed by atoms with E-state index >= 15 is 0 Å². The van der Waals surface area contributed by atoms with E-state index in [2.05, 4.69) is 15.4 Å². The fourth-order valence-corrected chi connectivity index (χ4v) is 2.70. The molecule has 0 unspecified atom stereocenters. The van der Waals surface area contributed by atoms with Gasteiger partial charge in [-0.15, -0.1) is 11.3 Å². The number of anilines is 1. The molecule has 0 spiro atoms. The Labute approximate surface area is 133 Å². The minimum Gasteiger partial charge on any atom is -0.364 e. The maximum Gasteiger partial charge on any atom is 0.271 e. The lowest BCUT2D eigenvalue weighted by Crippen LogP contribution is -2.26. The highest BCUT2D eigenvalue weighted by molar-refractivity contribution is 7.15. The summed E-state index contributed by atoms with van der Waals surface area (Å²) in [5, 5.41) is 8.15. The number of rotatable bonds is 4. The van der Waals surface area contributed by atoms with Crippen LogP contribution < -0.4 is 16.6 Å². The molecule has 0 fully saturated rings. The molecule has 0 aliphatic rings. The van der Waals surface area contributed by atoms with Crippen LogP contribution in [0.2, 0.25) is 0 Å². The molecule has 0 radical (unpaired) electrons. The van der Waals surface area contributed by atoms with Crippen molar-refractivity contribution in [2.75, 3.05) is 5.32 Å². The zero-order chi connectivity index (χ0) is 16.6. The number of hydrogen-bond acceptors (Lipinski definition) is 6. The lowest BCUT2D eigenvalue weighted by Gasteiger charge is -2.03. The second-order valence-corrected chi connectivity index (χ2v) is 5.47. The molecule has 0 bridgehead atoms. The van der Waals surface area contributed by atoms with Gasteiger partial charge in [0.15, 0.2) is 10.7 Å². The van der Waals surface area contributed by atoms with Crippen molar-refractivity contribution in [3.05, 3.63) is 45.6 Å². The average Bonchev–Trinajstić information content (AvgIpc) is 3.14. The Morgan fingerprint density at radius 3 is 2.91 bits per heavy atom. The van der Waals surface area contributed by atoms with E-state index in [9.17, 15) is 14.4 Å². The van der Waals surface area contributed by atoms with Crippen LogP contribution in [0.4, 0.5) is 5.69 Å². The largest absolute Gasteiger partial charge is 0.364 e. The Morgan fingerprint density at radius 2 is 2.22 bits per heavy atom. The molecule has 0 aliphatic heterocycles. The number of primary amides is 1. The molecule has 118 valence electrons. The smallest absolute Gasteiger partial charge is 0.271 e. The van der Waals surface area contributed by atoms with E-state index in [0.29, 0.717) is 11.5 Å². The van der Waals surface area contributed by atoms with Crippen LogP contribution in [0.15, 0.2) is 28.8 Å². The van der Waals surface area contributed by atoms with Crippen LogP contribution in [-0.2, 0) is 6.54 Å². The number of nitrogens with two attached hydrogens (primary N) is 1. The van der Waals surface area contributed by atoms with Gasteiger partial charge in [-0.1, -0.05) is 0 Å². The maximum absolute atomic E-state index is 12.3. The number of aromatic nitrogens is 4. The van der Waals surface area contributed by atoms with Crippen molar-refractivity contribution in [1.82, 2.24) is 19.2 Å². The predicted molar refractivity (Wildman–Crippen MR) is 83.7 cm³/mol. The Kier molecular flexibility index (Phi) is 3.66. The summed E-state index contributed by atoms with van der Waals surface area (Å²) in [5.74, 6) is -1.45. The third kappa shape index (κ3) is 2.59. The molecule has 0 atom stereocenters. The third-order valence-electron chi connectivity index (χ3n) is 3.15. The lowest BCUT2D eigenvalue weighted by atomic mass is 10.3. The molecule has 2 amide bonds. The number of nitrogens with zero attached hydrogens (tertiary/aromatic N) is 4. The second-order valence-electron chi connectivity index (χ2n) is 4.60. The zero-order valence-corrected chi connectivity index (χ0v) is 12.8. The van der Waals surface area contributed by atoms with Gasteiger partial charge < -0.3 is 11.1 Å². The van der Waals surface area contributed by atoms with Crippen molar-refractivity contribution in [3.8, 4) is 0 Å². The molecular formula is C13H12N6O3S. The topological polar surface area (TPSA) is 124 Å². The molecular weight excluding hydrogens is 320 g/mol. The highest BCUT2D eigenvalue weighted by Gasteiger charge is 2.19. The van der Waals surface area contributed by atoms with Crippen LogP contribution in [0, 0.1) is 0 Å². The van der Waals surface area contributed by atoms with E-state index < -0.39 is 17.4 Å². The van der Waals surface area contributed by atoms with E-state index in [4.69, 9.17) is 5.73 Å². The van der Waals surface area contributed by atoms with Crippen molar-refractivity contribution < 1.29 is 9.59 Å². The van der Waals surface area contributed by atoms with E-state index in [1.54, 1.807) is 5.38 Å². The standard InChI is InChI=1S/C13H12N6O3S/c1-2-18-6-8(9(17-18)10(14)20)16-11(21)7-5-15-13-19(12(7)22)3-4-23-13/h3-6H,2H2,1H3,(H2,14,20)(H,16,21). The second kappa shape index (κ2) is 5.65. The molecule has 3 aromatic rings. The first-order valence-corrected chi connectivity index (χ1v) is 7.52. The molecule has 3 aromatic heterocycles. The summed E-state index contributed by atoms with van der Waals surface area (Å²) in [5.41, 5.74) is 4.70. The summed E-state index contributed by atoms with van der Waals surface area (Å²) >= 11 is 1.28. The zero-order valence-electron chi connectivity index (χ0n) is 12.0. The maximum atomic E-state index is 12.3. The number of nitrogens with one attached hydrogen (secondary N) is 1. The van der Waals surface area contributed by atoms with E-state index in [-0.39, 0.29) is 16.9 Å². The first kappa shape index (κ1) is 14.9. The lowest BCUT2D eigenvalue weighted by molar-refractivity contribution is 0.0995. The van der Waals surface area contributed by atoms with Crippen LogP contribution in [0.5, 0.6) is 0 Å². The number of thiazole rings is 1. The summed E-state index contributed by atoms with van der Waals surface area (Å²) in [6.07, 6.45) is 4.22. The first-order chi connectivity index (χ1) is 11.0. The Morgan fingerprint density at radius 1 is 1.43 bits per heavy atom. The van der Waals surface area contributed by atoms with Gasteiger partial charge in [-0.3, -0.25) is 23.5 Å². The highest BCUT2D eigenvalue weighted by Crippen LogP contribution is 2.14. The van der Waals surface area contributed by atoms with Crippen LogP contribution >= 0.6 is 11.3 Å². The van der Waals surface area contributed by atoms with Gasteiger partial charge in [0.25, 0.3) is 17.4 Å². The molecule has 3 heterocycles. The number of hydrogen-bond donors (Lipinski definition) is 2. The monoisotopic (exact) mass is 332 g/mol. The summed E-state index contributed by atoms with van der Waals surface area (Å²) in [6.45, 7) is 2.32. The number of carbonyl (C=O) groups excluding carboxylic acids is 2. The van der Waals surface area contributed by atoms with Crippen molar-refractivity contribution in [2.24, 2.45) is 5.73 Å². The minimum atomic E-state index is -0.768. The van der Waals surface area contributed by atoms with Gasteiger partial charge in [0.2, 0.25) is 0 Å². The molecule has 23 heavy (non-hydrogen) atoms. The van der Waals surface area contributed by atoms with Crippen molar-refractivity contribution >= 4 is 33.8 Å². The first-order valence-electron chi connectivity index (χ1n) is 6.64. The van der Waals surface area contributed by atoms with Gasteiger partial charge in [-0.05, 0) is 6.92 Å². The van der Waals surface area contributed by atoms with Crippen LogP contribution in [0.1, 0.15) is 27.8 Å². The average molecular weight is 332 g/mol. The fourth-order valence-electron chi connectivity index (χ4n) is 2.03. The van der Waals surface area contributed by atoms with Crippen molar-refractivity contribution in [3.63, 3.8) is 0 Å². The molecule has 0 saturated carbocycles. The SMILES string of the molecule is CCn1cc(NC(=O)c2cnc3sccn3c2=O)c(C(N)=O)n1. The van der Waals surface area contributed by atoms with Crippen molar-refractivity contribution in [1.29, 1.82) is 0 Å². The van der Waals surface area contributed by atoms with Crippen LogP contribution in [0.3, 0.4) is 0 Å². The quantitative estimate of drug-likeness (QED) is 0.712. The molecule has 10 heteroatoms. The number of amides is 2. The highest BCUT2D eigenvalue weighted by atomic mass is 32.1. The predicted octanol–water partition coefficient (Wildman–Crippen LogP) is 0.324. The summed E-state index contributed by atoms with van der Waals surface area (Å²) in [6, 6.07) is 0. The molecule has 0 aromatic carbocycles. The van der Waals surface area contributed by atoms with Gasteiger partial charge in [0.1, 0.15) is 5.56 Å². The molecule has 9 nitrogen and oxygen atoms in total. The van der Waals surface area contributed by atoms with E-state index in [1.165, 1.54) is 39.0 Å². The third-order valence-corrected chi connectivity index (χ3v) is 3.93. The number of fused-ring (bicyclic) bond motifs is 1. The normalized spacial score (nSPS) is 10.8. The molecule has 3 rings (SSSR count). The molecule has 0 saturated heterocycles. The van der Waals surface area contributed by atoms with Crippen LogP contribution in [-0.4, -0.2) is 31.0 Å². The van der Waals surface area contributed by atoms with Gasteiger partial charge in [-0.25, -0.2) is 4.98 Å². The van der Waals surface area contributed by atoms with Gasteiger partial charge in [-0.2, -0.15) is 5.10 Å². The summed E-state index contributed by atoms with van der Waals surface area (Å²) in [4.78, 5) is 40.5. The number of carbonyl (C=O) groups is 2. The summed E-state index contributed by atoms with van der Waals surface area (Å²) in [7, 11) is 0. The molecule has 0 aliphatic carbocycles. The Balaban J connectivity index is 1.98. The van der Waals surface area contributed by atoms with Crippen LogP contribution in [0.25, 0.3) is 4.96 Å².